The Morgan fingerprint density at radius 2 is 2.39 bits per heavy atom. The summed E-state index contributed by atoms with van der Waals surface area (Å²) in [5.74, 6) is -1.14. The summed E-state index contributed by atoms with van der Waals surface area (Å²) in [4.78, 5) is 12.9. The fourth-order valence-electron chi connectivity index (χ4n) is 2.22. The highest BCUT2D eigenvalue weighted by atomic mass is 19.1. The summed E-state index contributed by atoms with van der Waals surface area (Å²) in [5.41, 5.74) is 1.54. The molecule has 1 unspecified atom stereocenters. The van der Waals surface area contributed by atoms with Gasteiger partial charge in [0.25, 0.3) is 0 Å². The van der Waals surface area contributed by atoms with Crippen LogP contribution in [0.5, 0.6) is 0 Å². The predicted octanol–water partition coefficient (Wildman–Crippen LogP) is 0.993. The number of hydrogen-bond acceptors (Lipinski definition) is 3. The van der Waals surface area contributed by atoms with E-state index in [1.54, 1.807) is 17.0 Å². The molecule has 98 valence electrons. The fraction of sp³-hybridized carbons (Fsp3) is 0.462. The average Bonchev–Trinajstić information content (AvgIpc) is 2.34. The Morgan fingerprint density at radius 1 is 1.61 bits per heavy atom. The number of rotatable bonds is 3. The summed E-state index contributed by atoms with van der Waals surface area (Å²) >= 11 is 0. The molecule has 1 aliphatic rings. The van der Waals surface area contributed by atoms with E-state index in [9.17, 15) is 9.18 Å². The van der Waals surface area contributed by atoms with Gasteiger partial charge in [-0.05, 0) is 13.0 Å². The van der Waals surface area contributed by atoms with Crippen molar-refractivity contribution in [3.05, 3.63) is 35.1 Å². The highest BCUT2D eigenvalue weighted by Crippen LogP contribution is 2.15. The quantitative estimate of drug-likeness (QED) is 0.842. The number of benzene rings is 1. The molecule has 1 fully saturated rings. The molecule has 5 heteroatoms. The van der Waals surface area contributed by atoms with E-state index in [2.05, 4.69) is 5.32 Å². The van der Waals surface area contributed by atoms with E-state index in [1.165, 1.54) is 6.07 Å². The van der Waals surface area contributed by atoms with E-state index in [1.807, 2.05) is 6.92 Å². The lowest BCUT2D eigenvalue weighted by atomic mass is 10.1. The number of nitrogens with one attached hydrogen (secondary N) is 1. The average molecular weight is 252 g/mol. The van der Waals surface area contributed by atoms with E-state index in [-0.39, 0.29) is 5.82 Å². The number of carboxylic acid groups (broad SMARTS) is 1. The lowest BCUT2D eigenvalue weighted by Gasteiger charge is -2.33. The monoisotopic (exact) mass is 252 g/mol. The first-order valence-corrected chi connectivity index (χ1v) is 6.00. The third kappa shape index (κ3) is 2.86. The number of piperazine rings is 1. The molecule has 0 bridgehead atoms. The number of aliphatic carboxylic acids is 1. The second-order valence-corrected chi connectivity index (χ2v) is 4.62. The third-order valence-corrected chi connectivity index (χ3v) is 3.21. The summed E-state index contributed by atoms with van der Waals surface area (Å²) in [6.45, 7) is 3.99. The van der Waals surface area contributed by atoms with E-state index >= 15 is 0 Å². The number of aryl methyl sites for hydroxylation is 1. The maximum Gasteiger partial charge on any atom is 0.322 e. The molecule has 0 spiro atoms. The molecule has 1 aromatic carbocycles. The molecule has 18 heavy (non-hydrogen) atoms. The standard InChI is InChI=1S/C13H17FN2O2/c1-9-2-3-11(14)10(6-9)8-16-5-4-15-7-12(16)13(17)18/h2-3,6,12,15H,4-5,7-8H2,1H3,(H,17,18). The van der Waals surface area contributed by atoms with Gasteiger partial charge >= 0.3 is 5.97 Å². The summed E-state index contributed by atoms with van der Waals surface area (Å²) in [6, 6.07) is 4.34. The van der Waals surface area contributed by atoms with Gasteiger partial charge in [-0.15, -0.1) is 0 Å². The van der Waals surface area contributed by atoms with Gasteiger partial charge in [0, 0.05) is 31.7 Å². The van der Waals surface area contributed by atoms with Gasteiger partial charge in [0.2, 0.25) is 0 Å². The zero-order valence-corrected chi connectivity index (χ0v) is 10.3. The number of hydrogen-bond donors (Lipinski definition) is 2. The summed E-state index contributed by atoms with van der Waals surface area (Å²) in [5, 5.41) is 12.2. The SMILES string of the molecule is Cc1ccc(F)c(CN2CCNCC2C(=O)O)c1. The Hall–Kier alpha value is -1.46. The second-order valence-electron chi connectivity index (χ2n) is 4.62. The molecule has 1 saturated heterocycles. The third-order valence-electron chi connectivity index (χ3n) is 3.21. The van der Waals surface area contributed by atoms with Gasteiger partial charge < -0.3 is 10.4 Å². The van der Waals surface area contributed by atoms with E-state index < -0.39 is 12.0 Å². The van der Waals surface area contributed by atoms with Crippen LogP contribution in [-0.4, -0.2) is 41.7 Å². The zero-order chi connectivity index (χ0) is 13.1. The van der Waals surface area contributed by atoms with Gasteiger partial charge in [-0.2, -0.15) is 0 Å². The van der Waals surface area contributed by atoms with Crippen LogP contribution in [0.15, 0.2) is 18.2 Å². The Morgan fingerprint density at radius 3 is 3.11 bits per heavy atom. The van der Waals surface area contributed by atoms with Crippen LogP contribution in [0.4, 0.5) is 4.39 Å². The van der Waals surface area contributed by atoms with Crippen molar-refractivity contribution in [2.24, 2.45) is 0 Å². The first-order chi connectivity index (χ1) is 8.58. The van der Waals surface area contributed by atoms with Gasteiger partial charge in [-0.1, -0.05) is 17.7 Å². The van der Waals surface area contributed by atoms with Crippen molar-refractivity contribution >= 4 is 5.97 Å². The lowest BCUT2D eigenvalue weighted by Crippen LogP contribution is -2.54. The van der Waals surface area contributed by atoms with Crippen LogP contribution in [-0.2, 0) is 11.3 Å². The second kappa shape index (κ2) is 5.46. The Bertz CT molecular complexity index is 451. The van der Waals surface area contributed by atoms with Crippen LogP contribution in [0, 0.1) is 12.7 Å². The van der Waals surface area contributed by atoms with Crippen LogP contribution in [0.3, 0.4) is 0 Å². The molecule has 1 atom stereocenters. The molecule has 4 nitrogen and oxygen atoms in total. The summed E-state index contributed by atoms with van der Waals surface area (Å²) in [6.07, 6.45) is 0. The van der Waals surface area contributed by atoms with Crippen LogP contribution in [0.2, 0.25) is 0 Å². The van der Waals surface area contributed by atoms with E-state index in [0.29, 0.717) is 25.2 Å². The zero-order valence-electron chi connectivity index (χ0n) is 10.3. The molecule has 0 saturated carbocycles. The Balaban J connectivity index is 2.15. The van der Waals surface area contributed by atoms with Gasteiger partial charge in [-0.25, -0.2) is 4.39 Å². The van der Waals surface area contributed by atoms with Crippen LogP contribution < -0.4 is 5.32 Å². The van der Waals surface area contributed by atoms with Crippen molar-refractivity contribution in [2.45, 2.75) is 19.5 Å². The number of nitrogens with zero attached hydrogens (tertiary/aromatic N) is 1. The largest absolute Gasteiger partial charge is 0.480 e. The minimum Gasteiger partial charge on any atom is -0.480 e. The molecular weight excluding hydrogens is 235 g/mol. The van der Waals surface area contributed by atoms with Crippen LogP contribution in [0.25, 0.3) is 0 Å². The maximum atomic E-state index is 13.7. The number of carbonyl (C=O) groups is 1. The molecule has 0 radical (unpaired) electrons. The Kier molecular flexibility index (Phi) is 3.93. The normalized spacial score (nSPS) is 20.9. The van der Waals surface area contributed by atoms with Crippen molar-refractivity contribution in [1.82, 2.24) is 10.2 Å². The van der Waals surface area contributed by atoms with Crippen molar-refractivity contribution in [2.75, 3.05) is 19.6 Å². The molecule has 0 amide bonds. The molecule has 2 rings (SSSR count). The van der Waals surface area contributed by atoms with Gasteiger partial charge in [0.15, 0.2) is 0 Å². The van der Waals surface area contributed by atoms with Gasteiger partial charge in [0.1, 0.15) is 11.9 Å². The molecule has 1 aromatic rings. The Labute approximate surface area is 105 Å². The van der Waals surface area contributed by atoms with E-state index in [4.69, 9.17) is 5.11 Å². The van der Waals surface area contributed by atoms with Gasteiger partial charge in [-0.3, -0.25) is 9.69 Å². The van der Waals surface area contributed by atoms with Crippen LogP contribution >= 0.6 is 0 Å². The molecule has 1 heterocycles. The summed E-state index contributed by atoms with van der Waals surface area (Å²) < 4.78 is 13.7. The first kappa shape index (κ1) is 13.0. The molecule has 2 N–H and O–H groups in total. The lowest BCUT2D eigenvalue weighted by molar-refractivity contribution is -0.144. The van der Waals surface area contributed by atoms with Crippen LogP contribution in [0.1, 0.15) is 11.1 Å². The molecule has 0 aromatic heterocycles. The molecular formula is C13H17FN2O2. The van der Waals surface area contributed by atoms with E-state index in [0.717, 1.165) is 12.1 Å². The summed E-state index contributed by atoms with van der Waals surface area (Å²) in [7, 11) is 0. The number of carboxylic acids is 1. The smallest absolute Gasteiger partial charge is 0.322 e. The molecule has 1 aliphatic heterocycles. The highest BCUT2D eigenvalue weighted by Gasteiger charge is 2.28. The predicted molar refractivity (Wildman–Crippen MR) is 65.8 cm³/mol. The first-order valence-electron chi connectivity index (χ1n) is 6.00. The topological polar surface area (TPSA) is 52.6 Å². The molecule has 0 aliphatic carbocycles. The van der Waals surface area contributed by atoms with Crippen molar-refractivity contribution in [1.29, 1.82) is 0 Å². The van der Waals surface area contributed by atoms with Crippen molar-refractivity contribution in [3.8, 4) is 0 Å². The van der Waals surface area contributed by atoms with Crippen molar-refractivity contribution in [3.63, 3.8) is 0 Å². The minimum atomic E-state index is -0.865. The highest BCUT2D eigenvalue weighted by molar-refractivity contribution is 5.74. The maximum absolute atomic E-state index is 13.7. The number of halogens is 1. The minimum absolute atomic E-state index is 0.275. The van der Waals surface area contributed by atoms with Crippen molar-refractivity contribution < 1.29 is 14.3 Å². The fourth-order valence-corrected chi connectivity index (χ4v) is 2.22. The van der Waals surface area contributed by atoms with Gasteiger partial charge in [0.05, 0.1) is 0 Å².